The van der Waals surface area contributed by atoms with Gasteiger partial charge in [-0.25, -0.2) is 5.10 Å². The Morgan fingerprint density at radius 3 is 2.76 bits per heavy atom. The second-order valence-electron chi connectivity index (χ2n) is 4.08. The maximum atomic E-state index is 11.3. The molecule has 2 aromatic rings. The molecule has 0 aliphatic rings. The summed E-state index contributed by atoms with van der Waals surface area (Å²) in [4.78, 5) is 11.3. The Morgan fingerprint density at radius 1 is 1.29 bits per heavy atom. The first kappa shape index (κ1) is 11.5. The fourth-order valence-corrected chi connectivity index (χ4v) is 1.71. The van der Waals surface area contributed by atoms with E-state index in [0.29, 0.717) is 11.3 Å². The Labute approximate surface area is 98.9 Å². The topological polar surface area (TPSA) is 66.0 Å². The van der Waals surface area contributed by atoms with Crippen LogP contribution in [0, 0.1) is 13.8 Å². The van der Waals surface area contributed by atoms with Gasteiger partial charge in [-0.3, -0.25) is 4.79 Å². The number of aliphatic hydroxyl groups is 1. The molecule has 0 fully saturated rings. The molecule has 1 heterocycles. The number of hydrogen-bond donors (Lipinski definition) is 2. The zero-order valence-electron chi connectivity index (χ0n) is 9.82. The van der Waals surface area contributed by atoms with E-state index in [2.05, 4.69) is 10.2 Å². The first-order chi connectivity index (χ1) is 8.11. The SMILES string of the molecule is Cc1ccc(C)c(-c2cc(CO)c(=O)[nH]n2)c1. The van der Waals surface area contributed by atoms with Crippen LogP contribution < -0.4 is 5.56 Å². The summed E-state index contributed by atoms with van der Waals surface area (Å²) in [6, 6.07) is 7.67. The Kier molecular flexibility index (Phi) is 3.06. The second kappa shape index (κ2) is 4.51. The zero-order chi connectivity index (χ0) is 12.4. The van der Waals surface area contributed by atoms with E-state index in [1.165, 1.54) is 0 Å². The maximum absolute atomic E-state index is 11.3. The van der Waals surface area contributed by atoms with Crippen LogP contribution in [-0.4, -0.2) is 15.3 Å². The standard InChI is InChI=1S/C13H14N2O2/c1-8-3-4-9(2)11(5-8)12-6-10(7-16)13(17)15-14-12/h3-6,16H,7H2,1-2H3,(H,15,17). The van der Waals surface area contributed by atoms with Gasteiger partial charge in [-0.1, -0.05) is 17.7 Å². The van der Waals surface area contributed by atoms with E-state index in [1.807, 2.05) is 32.0 Å². The van der Waals surface area contributed by atoms with Crippen LogP contribution in [0.25, 0.3) is 11.3 Å². The van der Waals surface area contributed by atoms with E-state index in [4.69, 9.17) is 5.11 Å². The number of H-pyrrole nitrogens is 1. The van der Waals surface area contributed by atoms with E-state index >= 15 is 0 Å². The quantitative estimate of drug-likeness (QED) is 0.822. The lowest BCUT2D eigenvalue weighted by molar-refractivity contribution is 0.280. The second-order valence-corrected chi connectivity index (χ2v) is 4.08. The first-order valence-corrected chi connectivity index (χ1v) is 5.39. The molecule has 4 heteroatoms. The number of hydrogen-bond acceptors (Lipinski definition) is 3. The molecule has 0 saturated carbocycles. The molecule has 1 aromatic carbocycles. The average Bonchev–Trinajstić information content (AvgIpc) is 2.33. The number of nitrogens with one attached hydrogen (secondary N) is 1. The van der Waals surface area contributed by atoms with Gasteiger partial charge in [0.05, 0.1) is 12.3 Å². The molecule has 0 atom stereocenters. The predicted molar refractivity (Wildman–Crippen MR) is 65.7 cm³/mol. The van der Waals surface area contributed by atoms with Crippen LogP contribution >= 0.6 is 0 Å². The number of aryl methyl sites for hydroxylation is 2. The fraction of sp³-hybridized carbons (Fsp3) is 0.231. The number of benzene rings is 1. The molecule has 2 rings (SSSR count). The van der Waals surface area contributed by atoms with Gasteiger partial charge in [-0.05, 0) is 31.5 Å². The smallest absolute Gasteiger partial charge is 0.269 e. The van der Waals surface area contributed by atoms with Crippen molar-refractivity contribution in [2.45, 2.75) is 20.5 Å². The summed E-state index contributed by atoms with van der Waals surface area (Å²) in [6.45, 7) is 3.71. The van der Waals surface area contributed by atoms with Crippen LogP contribution in [0.2, 0.25) is 0 Å². The molecule has 0 spiro atoms. The van der Waals surface area contributed by atoms with E-state index in [-0.39, 0.29) is 12.2 Å². The van der Waals surface area contributed by atoms with Crippen LogP contribution in [0.15, 0.2) is 29.1 Å². The van der Waals surface area contributed by atoms with Gasteiger partial charge in [0, 0.05) is 11.1 Å². The van der Waals surface area contributed by atoms with Crippen molar-refractivity contribution in [3.8, 4) is 11.3 Å². The van der Waals surface area contributed by atoms with Crippen LogP contribution in [0.4, 0.5) is 0 Å². The number of aromatic amines is 1. The van der Waals surface area contributed by atoms with Gasteiger partial charge in [0.25, 0.3) is 5.56 Å². The number of rotatable bonds is 2. The third-order valence-corrected chi connectivity index (χ3v) is 2.72. The van der Waals surface area contributed by atoms with Gasteiger partial charge in [-0.2, -0.15) is 5.10 Å². The lowest BCUT2D eigenvalue weighted by Crippen LogP contribution is -2.14. The highest BCUT2D eigenvalue weighted by atomic mass is 16.3. The van der Waals surface area contributed by atoms with Crippen molar-refractivity contribution in [3.05, 3.63) is 51.3 Å². The van der Waals surface area contributed by atoms with Crippen molar-refractivity contribution in [1.82, 2.24) is 10.2 Å². The number of aromatic nitrogens is 2. The molecule has 2 N–H and O–H groups in total. The molecule has 0 radical (unpaired) electrons. The van der Waals surface area contributed by atoms with Gasteiger partial charge in [0.1, 0.15) is 0 Å². The number of aliphatic hydroxyl groups excluding tert-OH is 1. The van der Waals surface area contributed by atoms with Crippen molar-refractivity contribution in [2.75, 3.05) is 0 Å². The maximum Gasteiger partial charge on any atom is 0.269 e. The van der Waals surface area contributed by atoms with E-state index in [9.17, 15) is 4.79 Å². The predicted octanol–water partition coefficient (Wildman–Crippen LogP) is 1.55. The molecule has 17 heavy (non-hydrogen) atoms. The van der Waals surface area contributed by atoms with Crippen molar-refractivity contribution in [2.24, 2.45) is 0 Å². The molecule has 0 aliphatic heterocycles. The van der Waals surface area contributed by atoms with Crippen LogP contribution in [0.1, 0.15) is 16.7 Å². The summed E-state index contributed by atoms with van der Waals surface area (Å²) in [5, 5.41) is 15.5. The molecule has 88 valence electrons. The lowest BCUT2D eigenvalue weighted by atomic mass is 10.0. The van der Waals surface area contributed by atoms with Crippen molar-refractivity contribution >= 4 is 0 Å². The summed E-state index contributed by atoms with van der Waals surface area (Å²) < 4.78 is 0. The lowest BCUT2D eigenvalue weighted by Gasteiger charge is -2.06. The van der Waals surface area contributed by atoms with E-state index in [0.717, 1.165) is 16.7 Å². The summed E-state index contributed by atoms with van der Waals surface area (Å²) in [5.41, 5.74) is 3.84. The Hall–Kier alpha value is -1.94. The monoisotopic (exact) mass is 230 g/mol. The van der Waals surface area contributed by atoms with Gasteiger partial charge in [0.2, 0.25) is 0 Å². The summed E-state index contributed by atoms with van der Waals surface area (Å²) in [5.74, 6) is 0. The minimum Gasteiger partial charge on any atom is -0.391 e. The first-order valence-electron chi connectivity index (χ1n) is 5.39. The van der Waals surface area contributed by atoms with Crippen molar-refractivity contribution < 1.29 is 5.11 Å². The number of nitrogens with zero attached hydrogens (tertiary/aromatic N) is 1. The van der Waals surface area contributed by atoms with Crippen LogP contribution in [0.3, 0.4) is 0 Å². The largest absolute Gasteiger partial charge is 0.391 e. The average molecular weight is 230 g/mol. The minimum atomic E-state index is -0.346. The molecule has 0 aliphatic carbocycles. The van der Waals surface area contributed by atoms with Crippen LogP contribution in [-0.2, 0) is 6.61 Å². The van der Waals surface area contributed by atoms with Gasteiger partial charge < -0.3 is 5.11 Å². The fourth-order valence-electron chi connectivity index (χ4n) is 1.71. The molecular weight excluding hydrogens is 216 g/mol. The van der Waals surface area contributed by atoms with E-state index < -0.39 is 0 Å². The molecule has 0 unspecified atom stereocenters. The van der Waals surface area contributed by atoms with Crippen molar-refractivity contribution in [1.29, 1.82) is 0 Å². The van der Waals surface area contributed by atoms with Gasteiger partial charge >= 0.3 is 0 Å². The highest BCUT2D eigenvalue weighted by molar-refractivity contribution is 5.64. The Morgan fingerprint density at radius 2 is 2.06 bits per heavy atom. The van der Waals surface area contributed by atoms with E-state index in [1.54, 1.807) is 6.07 Å². The minimum absolute atomic E-state index is 0.282. The summed E-state index contributed by atoms with van der Waals surface area (Å²) in [7, 11) is 0. The normalized spacial score (nSPS) is 10.5. The molecular formula is C13H14N2O2. The summed E-state index contributed by atoms with van der Waals surface area (Å²) in [6.07, 6.45) is 0. The molecule has 0 saturated heterocycles. The van der Waals surface area contributed by atoms with Crippen LogP contribution in [0.5, 0.6) is 0 Å². The highest BCUT2D eigenvalue weighted by Crippen LogP contribution is 2.22. The third-order valence-electron chi connectivity index (χ3n) is 2.72. The molecule has 1 aromatic heterocycles. The van der Waals surface area contributed by atoms with Gasteiger partial charge in [0.15, 0.2) is 0 Å². The Bertz CT molecular complexity index is 603. The van der Waals surface area contributed by atoms with Gasteiger partial charge in [-0.15, -0.1) is 0 Å². The van der Waals surface area contributed by atoms with Crippen molar-refractivity contribution in [3.63, 3.8) is 0 Å². The summed E-state index contributed by atoms with van der Waals surface area (Å²) >= 11 is 0. The molecule has 0 amide bonds. The zero-order valence-corrected chi connectivity index (χ0v) is 9.82. The molecule has 4 nitrogen and oxygen atoms in total. The Balaban J connectivity index is 2.60. The third kappa shape index (κ3) is 2.26. The molecule has 0 bridgehead atoms. The highest BCUT2D eigenvalue weighted by Gasteiger charge is 2.07.